The van der Waals surface area contributed by atoms with Crippen molar-refractivity contribution in [2.75, 3.05) is 13.2 Å². The van der Waals surface area contributed by atoms with Crippen LogP contribution in [0.1, 0.15) is 66.4 Å². The van der Waals surface area contributed by atoms with Crippen LogP contribution in [0.2, 0.25) is 0 Å². The SMILES string of the molecule is Cc1cc(OC=O)ccc1OCCCCOc1ccc(C(=O)CC2CCCC2)c(O)c1C. The number of benzene rings is 2. The van der Waals surface area contributed by atoms with Crippen molar-refractivity contribution < 1.29 is 28.9 Å². The summed E-state index contributed by atoms with van der Waals surface area (Å²) >= 11 is 0. The Kier molecular flexibility index (Phi) is 8.54. The van der Waals surface area contributed by atoms with E-state index in [2.05, 4.69) is 0 Å². The van der Waals surface area contributed by atoms with Gasteiger partial charge in [-0.05, 0) is 68.5 Å². The molecule has 0 heterocycles. The Morgan fingerprint density at radius 2 is 1.69 bits per heavy atom. The Labute approximate surface area is 189 Å². The van der Waals surface area contributed by atoms with Gasteiger partial charge in [-0.3, -0.25) is 9.59 Å². The van der Waals surface area contributed by atoms with Gasteiger partial charge >= 0.3 is 0 Å². The van der Waals surface area contributed by atoms with Crippen molar-refractivity contribution in [1.29, 1.82) is 0 Å². The van der Waals surface area contributed by atoms with Crippen LogP contribution in [0.5, 0.6) is 23.0 Å². The number of hydrogen-bond acceptors (Lipinski definition) is 6. The van der Waals surface area contributed by atoms with Crippen LogP contribution in [-0.4, -0.2) is 30.6 Å². The third-order valence-corrected chi connectivity index (χ3v) is 6.01. The molecule has 1 saturated carbocycles. The van der Waals surface area contributed by atoms with E-state index in [0.29, 0.717) is 54.7 Å². The second kappa shape index (κ2) is 11.6. The summed E-state index contributed by atoms with van der Waals surface area (Å²) in [5.74, 6) is 2.34. The predicted octanol–water partition coefficient (Wildman–Crippen LogP) is 5.55. The molecular formula is C26H32O6. The highest BCUT2D eigenvalue weighted by Gasteiger charge is 2.22. The van der Waals surface area contributed by atoms with Crippen molar-refractivity contribution in [3.05, 3.63) is 47.0 Å². The molecule has 0 saturated heterocycles. The van der Waals surface area contributed by atoms with Crippen LogP contribution in [0, 0.1) is 19.8 Å². The summed E-state index contributed by atoms with van der Waals surface area (Å²) in [6.07, 6.45) is 6.71. The molecule has 0 radical (unpaired) electrons. The van der Waals surface area contributed by atoms with Crippen molar-refractivity contribution in [3.8, 4) is 23.0 Å². The number of rotatable bonds is 12. The number of ketones is 1. The van der Waals surface area contributed by atoms with Crippen molar-refractivity contribution >= 4 is 12.3 Å². The zero-order chi connectivity index (χ0) is 22.9. The topological polar surface area (TPSA) is 82.1 Å². The molecule has 0 atom stereocenters. The smallest absolute Gasteiger partial charge is 0.298 e. The third kappa shape index (κ3) is 6.25. The highest BCUT2D eigenvalue weighted by Crippen LogP contribution is 2.34. The Balaban J connectivity index is 1.42. The Morgan fingerprint density at radius 3 is 2.34 bits per heavy atom. The van der Waals surface area contributed by atoms with E-state index in [-0.39, 0.29) is 11.5 Å². The van der Waals surface area contributed by atoms with E-state index in [1.165, 1.54) is 12.8 Å². The molecule has 0 amide bonds. The van der Waals surface area contributed by atoms with Gasteiger partial charge in [0.2, 0.25) is 0 Å². The van der Waals surface area contributed by atoms with Crippen molar-refractivity contribution in [2.24, 2.45) is 5.92 Å². The average molecular weight is 441 g/mol. The van der Waals surface area contributed by atoms with E-state index in [4.69, 9.17) is 14.2 Å². The number of hydrogen-bond donors (Lipinski definition) is 1. The van der Waals surface area contributed by atoms with Gasteiger partial charge in [-0.25, -0.2) is 0 Å². The average Bonchev–Trinajstić information content (AvgIpc) is 3.28. The number of aromatic hydroxyl groups is 1. The Bertz CT molecular complexity index is 930. The van der Waals surface area contributed by atoms with Gasteiger partial charge in [0, 0.05) is 12.0 Å². The van der Waals surface area contributed by atoms with E-state index < -0.39 is 0 Å². The summed E-state index contributed by atoms with van der Waals surface area (Å²) in [6.45, 7) is 5.11. The van der Waals surface area contributed by atoms with Gasteiger partial charge in [-0.15, -0.1) is 0 Å². The molecule has 0 spiro atoms. The molecule has 172 valence electrons. The molecule has 0 bridgehead atoms. The highest BCUT2D eigenvalue weighted by molar-refractivity contribution is 5.99. The molecule has 6 heteroatoms. The summed E-state index contributed by atoms with van der Waals surface area (Å²) < 4.78 is 16.4. The summed E-state index contributed by atoms with van der Waals surface area (Å²) in [5, 5.41) is 10.5. The molecule has 1 fully saturated rings. The van der Waals surface area contributed by atoms with Gasteiger partial charge < -0.3 is 19.3 Å². The minimum absolute atomic E-state index is 0.0160. The number of carbonyl (C=O) groups excluding carboxylic acids is 2. The summed E-state index contributed by atoms with van der Waals surface area (Å²) in [6, 6.07) is 8.69. The molecule has 0 unspecified atom stereocenters. The third-order valence-electron chi connectivity index (χ3n) is 6.01. The lowest BCUT2D eigenvalue weighted by molar-refractivity contribution is -0.120. The van der Waals surface area contributed by atoms with Gasteiger partial charge in [0.15, 0.2) is 5.78 Å². The van der Waals surface area contributed by atoms with Crippen LogP contribution < -0.4 is 14.2 Å². The van der Waals surface area contributed by atoms with Crippen LogP contribution in [-0.2, 0) is 4.79 Å². The molecule has 2 aromatic rings. The van der Waals surface area contributed by atoms with Crippen LogP contribution in [0.15, 0.2) is 30.3 Å². The van der Waals surface area contributed by atoms with Crippen LogP contribution in [0.4, 0.5) is 0 Å². The molecule has 0 aromatic heterocycles. The van der Waals surface area contributed by atoms with Crippen LogP contribution in [0.25, 0.3) is 0 Å². The zero-order valence-electron chi connectivity index (χ0n) is 18.9. The Hall–Kier alpha value is -3.02. The molecule has 32 heavy (non-hydrogen) atoms. The number of unbranched alkanes of at least 4 members (excludes halogenated alkanes) is 1. The normalized spacial score (nSPS) is 13.7. The van der Waals surface area contributed by atoms with Crippen molar-refractivity contribution in [2.45, 2.75) is 58.8 Å². The van der Waals surface area contributed by atoms with Crippen molar-refractivity contribution in [1.82, 2.24) is 0 Å². The first-order valence-electron chi connectivity index (χ1n) is 11.3. The number of Topliss-reactive ketones (excluding diaryl/α,β-unsaturated/α-hetero) is 1. The minimum Gasteiger partial charge on any atom is -0.507 e. The van der Waals surface area contributed by atoms with Gasteiger partial charge in [0.1, 0.15) is 23.0 Å². The molecule has 1 N–H and O–H groups in total. The standard InChI is InChI=1S/C26H32O6/c1-18-15-21(32-17-27)9-11-24(18)30-13-5-6-14-31-25-12-10-22(26(29)19(25)2)23(28)16-20-7-3-4-8-20/h9-12,15,17,20,29H,3-8,13-14,16H2,1-2H3. The monoisotopic (exact) mass is 440 g/mol. The van der Waals surface area contributed by atoms with E-state index in [1.54, 1.807) is 37.3 Å². The summed E-state index contributed by atoms with van der Waals surface area (Å²) in [4.78, 5) is 23.0. The molecule has 0 aliphatic heterocycles. The fourth-order valence-electron chi connectivity index (χ4n) is 4.13. The summed E-state index contributed by atoms with van der Waals surface area (Å²) in [5.41, 5.74) is 1.90. The van der Waals surface area contributed by atoms with Gasteiger partial charge in [-0.2, -0.15) is 0 Å². The fraction of sp³-hybridized carbons (Fsp3) is 0.462. The number of phenolic OH excluding ortho intramolecular Hbond substituents is 1. The second-order valence-corrected chi connectivity index (χ2v) is 8.41. The zero-order valence-corrected chi connectivity index (χ0v) is 18.9. The lowest BCUT2D eigenvalue weighted by Crippen LogP contribution is -2.08. The Morgan fingerprint density at radius 1 is 1.03 bits per heavy atom. The lowest BCUT2D eigenvalue weighted by Gasteiger charge is -2.14. The van der Waals surface area contributed by atoms with E-state index >= 15 is 0 Å². The first kappa shape index (κ1) is 23.6. The number of ether oxygens (including phenoxy) is 3. The maximum absolute atomic E-state index is 12.6. The molecule has 1 aliphatic rings. The van der Waals surface area contributed by atoms with E-state index in [9.17, 15) is 14.7 Å². The largest absolute Gasteiger partial charge is 0.507 e. The molecular weight excluding hydrogens is 408 g/mol. The number of carbonyl (C=O) groups is 2. The maximum atomic E-state index is 12.6. The van der Waals surface area contributed by atoms with Crippen LogP contribution >= 0.6 is 0 Å². The van der Waals surface area contributed by atoms with E-state index in [0.717, 1.165) is 37.0 Å². The number of aryl methyl sites for hydroxylation is 1. The first-order chi connectivity index (χ1) is 15.5. The molecule has 6 nitrogen and oxygen atoms in total. The van der Waals surface area contributed by atoms with Gasteiger partial charge in [0.25, 0.3) is 6.47 Å². The molecule has 3 rings (SSSR count). The lowest BCUT2D eigenvalue weighted by atomic mass is 9.95. The molecule has 2 aromatic carbocycles. The quantitative estimate of drug-likeness (QED) is 0.265. The maximum Gasteiger partial charge on any atom is 0.298 e. The first-order valence-corrected chi connectivity index (χ1v) is 11.3. The van der Waals surface area contributed by atoms with E-state index in [1.807, 2.05) is 6.92 Å². The minimum atomic E-state index is 0.0160. The predicted molar refractivity (Wildman–Crippen MR) is 122 cm³/mol. The molecule has 1 aliphatic carbocycles. The van der Waals surface area contributed by atoms with Gasteiger partial charge in [-0.1, -0.05) is 25.7 Å². The fourth-order valence-corrected chi connectivity index (χ4v) is 4.13. The number of phenols is 1. The van der Waals surface area contributed by atoms with Gasteiger partial charge in [0.05, 0.1) is 18.8 Å². The van der Waals surface area contributed by atoms with Crippen LogP contribution in [0.3, 0.4) is 0 Å². The summed E-state index contributed by atoms with van der Waals surface area (Å²) in [7, 11) is 0. The highest BCUT2D eigenvalue weighted by atomic mass is 16.5. The second-order valence-electron chi connectivity index (χ2n) is 8.41. The van der Waals surface area contributed by atoms with Crippen molar-refractivity contribution in [3.63, 3.8) is 0 Å².